The van der Waals surface area contributed by atoms with Gasteiger partial charge in [-0.1, -0.05) is 0 Å². The second-order valence-corrected chi connectivity index (χ2v) is 6.91. The Labute approximate surface area is 144 Å². The predicted octanol–water partition coefficient (Wildman–Crippen LogP) is 3.15. The Kier molecular flexibility index (Phi) is 4.66. The summed E-state index contributed by atoms with van der Waals surface area (Å²) >= 11 is 0. The molecule has 0 N–H and O–H groups in total. The molecule has 0 fully saturated rings. The van der Waals surface area contributed by atoms with Crippen LogP contribution in [-0.2, 0) is 22.3 Å². The van der Waals surface area contributed by atoms with Crippen molar-refractivity contribution in [3.63, 3.8) is 0 Å². The SMILES string of the molecule is COc1cc2c(cc1OC)-c1cc(OC)c(OC)cc1CS(=O)C2. The molecule has 1 heterocycles. The maximum Gasteiger partial charge on any atom is 0.161 e. The highest BCUT2D eigenvalue weighted by molar-refractivity contribution is 7.83. The summed E-state index contributed by atoms with van der Waals surface area (Å²) in [5.74, 6) is 3.49. The molecule has 1 aliphatic heterocycles. The number of rotatable bonds is 4. The van der Waals surface area contributed by atoms with Crippen LogP contribution in [0.25, 0.3) is 11.1 Å². The van der Waals surface area contributed by atoms with Crippen LogP contribution in [0.15, 0.2) is 24.3 Å². The fourth-order valence-corrected chi connectivity index (χ4v) is 4.25. The van der Waals surface area contributed by atoms with Gasteiger partial charge in [0, 0.05) is 22.3 Å². The number of hydrogen-bond donors (Lipinski definition) is 0. The molecule has 3 rings (SSSR count). The first kappa shape index (κ1) is 16.6. The number of benzene rings is 2. The first-order chi connectivity index (χ1) is 11.6. The van der Waals surface area contributed by atoms with Crippen LogP contribution in [0.4, 0.5) is 0 Å². The summed E-state index contributed by atoms with van der Waals surface area (Å²) in [7, 11) is 5.39. The molecule has 0 atom stereocenters. The van der Waals surface area contributed by atoms with Crippen LogP contribution in [0.5, 0.6) is 23.0 Å². The van der Waals surface area contributed by atoms with E-state index in [9.17, 15) is 4.21 Å². The van der Waals surface area contributed by atoms with E-state index in [0.29, 0.717) is 34.5 Å². The highest BCUT2D eigenvalue weighted by Gasteiger charge is 2.23. The molecule has 0 bridgehead atoms. The Hall–Kier alpha value is -2.21. The zero-order valence-electron chi connectivity index (χ0n) is 14.2. The molecule has 0 amide bonds. The third kappa shape index (κ3) is 2.82. The van der Waals surface area contributed by atoms with Gasteiger partial charge in [-0.25, -0.2) is 0 Å². The van der Waals surface area contributed by atoms with Gasteiger partial charge in [0.2, 0.25) is 0 Å². The van der Waals surface area contributed by atoms with E-state index in [2.05, 4.69) is 0 Å². The second-order valence-electron chi connectivity index (χ2n) is 5.46. The van der Waals surface area contributed by atoms with Gasteiger partial charge in [-0.2, -0.15) is 0 Å². The van der Waals surface area contributed by atoms with Crippen LogP contribution in [-0.4, -0.2) is 32.6 Å². The number of fused-ring (bicyclic) bond motifs is 3. The van der Waals surface area contributed by atoms with Crippen molar-refractivity contribution in [3.05, 3.63) is 35.4 Å². The quantitative estimate of drug-likeness (QED) is 0.850. The molecule has 0 radical (unpaired) electrons. The largest absolute Gasteiger partial charge is 0.493 e. The second kappa shape index (κ2) is 6.73. The molecule has 6 heteroatoms. The maximum atomic E-state index is 12.5. The van der Waals surface area contributed by atoms with Crippen LogP contribution in [0.2, 0.25) is 0 Å². The zero-order chi connectivity index (χ0) is 17.3. The summed E-state index contributed by atoms with van der Waals surface area (Å²) < 4.78 is 34.1. The van der Waals surface area contributed by atoms with Gasteiger partial charge in [-0.15, -0.1) is 0 Å². The first-order valence-corrected chi connectivity index (χ1v) is 8.95. The Balaban J connectivity index is 2.29. The molecule has 0 aliphatic carbocycles. The van der Waals surface area contributed by atoms with E-state index in [4.69, 9.17) is 18.9 Å². The average molecular weight is 348 g/mol. The molecular formula is C18H20O5S. The smallest absolute Gasteiger partial charge is 0.161 e. The molecule has 5 nitrogen and oxygen atoms in total. The zero-order valence-corrected chi connectivity index (χ0v) is 15.0. The van der Waals surface area contributed by atoms with Gasteiger partial charge >= 0.3 is 0 Å². The third-order valence-corrected chi connectivity index (χ3v) is 5.41. The Bertz CT molecular complexity index is 735. The lowest BCUT2D eigenvalue weighted by molar-refractivity contribution is 0.354. The first-order valence-electron chi connectivity index (χ1n) is 7.46. The predicted molar refractivity (Wildman–Crippen MR) is 93.6 cm³/mol. The van der Waals surface area contributed by atoms with Crippen molar-refractivity contribution < 1.29 is 23.2 Å². The highest BCUT2D eigenvalue weighted by Crippen LogP contribution is 2.43. The van der Waals surface area contributed by atoms with Crippen molar-refractivity contribution >= 4 is 10.8 Å². The summed E-state index contributed by atoms with van der Waals surface area (Å²) in [5, 5.41) is 0. The average Bonchev–Trinajstić information content (AvgIpc) is 2.73. The van der Waals surface area contributed by atoms with Crippen LogP contribution in [0.3, 0.4) is 0 Å². The van der Waals surface area contributed by atoms with Crippen molar-refractivity contribution in [2.24, 2.45) is 0 Å². The van der Waals surface area contributed by atoms with Crippen molar-refractivity contribution in [2.45, 2.75) is 11.5 Å². The molecule has 128 valence electrons. The van der Waals surface area contributed by atoms with Gasteiger partial charge in [0.15, 0.2) is 23.0 Å². The van der Waals surface area contributed by atoms with E-state index in [-0.39, 0.29) is 0 Å². The van der Waals surface area contributed by atoms with Gasteiger partial charge in [-0.3, -0.25) is 4.21 Å². The number of hydrogen-bond acceptors (Lipinski definition) is 5. The lowest BCUT2D eigenvalue weighted by Crippen LogP contribution is -1.98. The van der Waals surface area contributed by atoms with E-state index >= 15 is 0 Å². The van der Waals surface area contributed by atoms with E-state index in [1.807, 2.05) is 24.3 Å². The van der Waals surface area contributed by atoms with Crippen LogP contribution >= 0.6 is 0 Å². The van der Waals surface area contributed by atoms with E-state index in [0.717, 1.165) is 22.3 Å². The minimum absolute atomic E-state index is 0.467. The standard InChI is InChI=1S/C18H20O5S/c1-20-15-5-11-9-24(19)10-12-6-16(21-2)18(23-4)8-14(12)13(11)7-17(15)22-3/h5-8H,9-10H2,1-4H3. The highest BCUT2D eigenvalue weighted by atomic mass is 32.2. The number of ether oxygens (including phenoxy) is 4. The molecule has 2 aromatic carbocycles. The normalized spacial score (nSPS) is 13.5. The maximum absolute atomic E-state index is 12.5. The third-order valence-electron chi connectivity index (χ3n) is 4.14. The van der Waals surface area contributed by atoms with Crippen molar-refractivity contribution in [1.29, 1.82) is 0 Å². The van der Waals surface area contributed by atoms with Gasteiger partial charge in [0.05, 0.1) is 28.4 Å². The lowest BCUT2D eigenvalue weighted by Gasteiger charge is -2.16. The number of methoxy groups -OCH3 is 4. The molecule has 0 unspecified atom stereocenters. The lowest BCUT2D eigenvalue weighted by atomic mass is 9.95. The topological polar surface area (TPSA) is 54.0 Å². The van der Waals surface area contributed by atoms with E-state index < -0.39 is 10.8 Å². The molecular weight excluding hydrogens is 328 g/mol. The minimum atomic E-state index is -1.01. The molecule has 24 heavy (non-hydrogen) atoms. The van der Waals surface area contributed by atoms with Gasteiger partial charge in [-0.05, 0) is 46.5 Å². The molecule has 1 aliphatic rings. The van der Waals surface area contributed by atoms with Crippen molar-refractivity contribution in [3.8, 4) is 34.1 Å². The van der Waals surface area contributed by atoms with E-state index in [1.165, 1.54) is 0 Å². The van der Waals surface area contributed by atoms with Gasteiger partial charge in [0.1, 0.15) is 0 Å². The van der Waals surface area contributed by atoms with Crippen molar-refractivity contribution in [1.82, 2.24) is 0 Å². The summed E-state index contributed by atoms with van der Waals surface area (Å²) in [4.78, 5) is 0. The molecule has 0 spiro atoms. The van der Waals surface area contributed by atoms with E-state index in [1.54, 1.807) is 28.4 Å². The fraction of sp³-hybridized carbons (Fsp3) is 0.333. The van der Waals surface area contributed by atoms with Crippen LogP contribution in [0, 0.1) is 0 Å². The Morgan fingerprint density at radius 2 is 1.00 bits per heavy atom. The van der Waals surface area contributed by atoms with Crippen molar-refractivity contribution in [2.75, 3.05) is 28.4 Å². The van der Waals surface area contributed by atoms with Gasteiger partial charge < -0.3 is 18.9 Å². The minimum Gasteiger partial charge on any atom is -0.493 e. The van der Waals surface area contributed by atoms with Gasteiger partial charge in [0.25, 0.3) is 0 Å². The molecule has 2 aromatic rings. The Morgan fingerprint density at radius 3 is 1.33 bits per heavy atom. The summed E-state index contributed by atoms with van der Waals surface area (Å²) in [6.45, 7) is 0. The molecule has 0 aromatic heterocycles. The Morgan fingerprint density at radius 1 is 0.667 bits per heavy atom. The monoisotopic (exact) mass is 348 g/mol. The summed E-state index contributed by atoms with van der Waals surface area (Å²) in [5.41, 5.74) is 3.90. The summed E-state index contributed by atoms with van der Waals surface area (Å²) in [6, 6.07) is 7.67. The van der Waals surface area contributed by atoms with Crippen LogP contribution in [0.1, 0.15) is 11.1 Å². The molecule has 0 saturated carbocycles. The fourth-order valence-electron chi connectivity index (χ4n) is 2.98. The molecule has 0 saturated heterocycles. The van der Waals surface area contributed by atoms with Crippen LogP contribution < -0.4 is 18.9 Å². The summed E-state index contributed by atoms with van der Waals surface area (Å²) in [6.07, 6.45) is 0.